The van der Waals surface area contributed by atoms with Crippen LogP contribution >= 0.6 is 0 Å². The number of nitrogen functional groups attached to an aromatic ring is 1. The van der Waals surface area contributed by atoms with E-state index >= 15 is 0 Å². The van der Waals surface area contributed by atoms with E-state index in [4.69, 9.17) is 16.1 Å². The number of nitriles is 1. The van der Waals surface area contributed by atoms with E-state index in [9.17, 15) is 4.79 Å². The average molecular weight is 318 g/mol. The van der Waals surface area contributed by atoms with Gasteiger partial charge < -0.3 is 21.1 Å². The highest BCUT2D eigenvalue weighted by molar-refractivity contribution is 5.64. The Kier molecular flexibility index (Phi) is 8.55. The Hall–Kier alpha value is -2.26. The molecule has 0 atom stereocenters. The van der Waals surface area contributed by atoms with E-state index in [1.807, 2.05) is 12.1 Å². The lowest BCUT2D eigenvalue weighted by Gasteiger charge is -2.21. The zero-order valence-electron chi connectivity index (χ0n) is 13.7. The molecule has 23 heavy (non-hydrogen) atoms. The summed E-state index contributed by atoms with van der Waals surface area (Å²) in [7, 11) is 0. The lowest BCUT2D eigenvalue weighted by Crippen LogP contribution is -2.29. The minimum atomic E-state index is -0.966. The van der Waals surface area contributed by atoms with E-state index in [0.717, 1.165) is 50.9 Å². The summed E-state index contributed by atoms with van der Waals surface area (Å²) in [6.07, 6.45) is 2.80. The van der Waals surface area contributed by atoms with Gasteiger partial charge >= 0.3 is 6.09 Å². The zero-order chi connectivity index (χ0) is 17.1. The Morgan fingerprint density at radius 3 is 2.78 bits per heavy atom. The van der Waals surface area contributed by atoms with Crippen LogP contribution in [0.1, 0.15) is 37.3 Å². The first kappa shape index (κ1) is 18.8. The first-order valence-electron chi connectivity index (χ1n) is 8.04. The molecule has 1 aromatic rings. The van der Waals surface area contributed by atoms with Gasteiger partial charge in [-0.1, -0.05) is 13.0 Å². The van der Waals surface area contributed by atoms with Crippen LogP contribution in [0.3, 0.4) is 0 Å². The molecular formula is C17H26N4O2. The van der Waals surface area contributed by atoms with Crippen LogP contribution in [0.4, 0.5) is 10.5 Å². The third-order valence-corrected chi connectivity index (χ3v) is 3.67. The van der Waals surface area contributed by atoms with Gasteiger partial charge in [-0.2, -0.15) is 5.26 Å². The molecule has 6 heteroatoms. The Balaban J connectivity index is 2.40. The van der Waals surface area contributed by atoms with Crippen LogP contribution in [0.25, 0.3) is 0 Å². The van der Waals surface area contributed by atoms with Crippen LogP contribution < -0.4 is 11.1 Å². The molecule has 0 aliphatic heterocycles. The molecule has 0 unspecified atom stereocenters. The summed E-state index contributed by atoms with van der Waals surface area (Å²) >= 11 is 0. The van der Waals surface area contributed by atoms with Gasteiger partial charge in [0.15, 0.2) is 0 Å². The smallest absolute Gasteiger partial charge is 0.404 e. The lowest BCUT2D eigenvalue weighted by molar-refractivity contribution is 0.194. The third-order valence-electron chi connectivity index (χ3n) is 3.67. The molecular weight excluding hydrogens is 292 g/mol. The second kappa shape index (κ2) is 10.5. The standard InChI is InChI=1S/C17H26N4O2/c1-2-9-21(10-4-3-8-20-17(22)23)11-7-14-5-6-16(19)15(12-14)13-18/h5-6,12,20H,2-4,7-11,19H2,1H3,(H,22,23). The molecule has 0 fully saturated rings. The van der Waals surface area contributed by atoms with E-state index in [1.54, 1.807) is 6.07 Å². The minimum absolute atomic E-state index is 0.499. The maximum atomic E-state index is 10.4. The van der Waals surface area contributed by atoms with Crippen LogP contribution in [0.5, 0.6) is 0 Å². The van der Waals surface area contributed by atoms with Crippen LogP contribution in [0.2, 0.25) is 0 Å². The number of benzene rings is 1. The fraction of sp³-hybridized carbons (Fsp3) is 0.529. The van der Waals surface area contributed by atoms with Crippen molar-refractivity contribution in [3.63, 3.8) is 0 Å². The van der Waals surface area contributed by atoms with E-state index in [0.29, 0.717) is 17.8 Å². The fourth-order valence-electron chi connectivity index (χ4n) is 2.45. The van der Waals surface area contributed by atoms with Crippen molar-refractivity contribution in [3.05, 3.63) is 29.3 Å². The summed E-state index contributed by atoms with van der Waals surface area (Å²) in [4.78, 5) is 12.8. The molecule has 1 amide bonds. The summed E-state index contributed by atoms with van der Waals surface area (Å²) < 4.78 is 0. The predicted octanol–water partition coefficient (Wildman–Crippen LogP) is 2.44. The topological polar surface area (TPSA) is 102 Å². The molecule has 0 aliphatic carbocycles. The molecule has 6 nitrogen and oxygen atoms in total. The Bertz CT molecular complexity index is 540. The molecule has 0 bridgehead atoms. The summed E-state index contributed by atoms with van der Waals surface area (Å²) in [6.45, 7) is 5.55. The van der Waals surface area contributed by atoms with Crippen molar-refractivity contribution < 1.29 is 9.90 Å². The van der Waals surface area contributed by atoms with Gasteiger partial charge in [-0.3, -0.25) is 0 Å². The summed E-state index contributed by atoms with van der Waals surface area (Å²) in [5.41, 5.74) is 7.91. The van der Waals surface area contributed by atoms with E-state index < -0.39 is 6.09 Å². The number of carbonyl (C=O) groups is 1. The third kappa shape index (κ3) is 7.52. The summed E-state index contributed by atoms with van der Waals surface area (Å²) in [5.74, 6) is 0. The van der Waals surface area contributed by atoms with E-state index in [1.165, 1.54) is 0 Å². The largest absolute Gasteiger partial charge is 0.465 e. The molecule has 1 aromatic carbocycles. The normalized spacial score (nSPS) is 10.5. The second-order valence-corrected chi connectivity index (χ2v) is 5.56. The maximum absolute atomic E-state index is 10.4. The van der Waals surface area contributed by atoms with Crippen molar-refractivity contribution in [1.82, 2.24) is 10.2 Å². The first-order valence-corrected chi connectivity index (χ1v) is 8.04. The predicted molar refractivity (Wildman–Crippen MR) is 91.3 cm³/mol. The van der Waals surface area contributed by atoms with Gasteiger partial charge in [0, 0.05) is 18.8 Å². The number of amides is 1. The van der Waals surface area contributed by atoms with Crippen LogP contribution in [0.15, 0.2) is 18.2 Å². The highest BCUT2D eigenvalue weighted by Gasteiger charge is 2.06. The van der Waals surface area contributed by atoms with Gasteiger partial charge in [-0.05, 0) is 56.5 Å². The second-order valence-electron chi connectivity index (χ2n) is 5.56. The van der Waals surface area contributed by atoms with Gasteiger partial charge in [0.25, 0.3) is 0 Å². The van der Waals surface area contributed by atoms with E-state index in [2.05, 4.69) is 23.2 Å². The van der Waals surface area contributed by atoms with Gasteiger partial charge in [0.05, 0.1) is 5.56 Å². The Labute approximate surface area is 137 Å². The average Bonchev–Trinajstić information content (AvgIpc) is 2.53. The molecule has 126 valence electrons. The van der Waals surface area contributed by atoms with Gasteiger partial charge in [-0.15, -0.1) is 0 Å². The highest BCUT2D eigenvalue weighted by atomic mass is 16.4. The fourth-order valence-corrected chi connectivity index (χ4v) is 2.45. The number of nitrogens with one attached hydrogen (secondary N) is 1. The lowest BCUT2D eigenvalue weighted by atomic mass is 10.1. The van der Waals surface area contributed by atoms with Crippen molar-refractivity contribution in [2.45, 2.75) is 32.6 Å². The molecule has 0 spiro atoms. The number of hydrogen-bond donors (Lipinski definition) is 3. The van der Waals surface area contributed by atoms with E-state index in [-0.39, 0.29) is 0 Å². The molecule has 4 N–H and O–H groups in total. The van der Waals surface area contributed by atoms with Gasteiger partial charge in [0.1, 0.15) is 6.07 Å². The maximum Gasteiger partial charge on any atom is 0.404 e. The van der Waals surface area contributed by atoms with Crippen molar-refractivity contribution >= 4 is 11.8 Å². The number of hydrogen-bond acceptors (Lipinski definition) is 4. The first-order chi connectivity index (χ1) is 11.1. The number of nitrogens with two attached hydrogens (primary N) is 1. The van der Waals surface area contributed by atoms with Crippen molar-refractivity contribution in [3.8, 4) is 6.07 Å². The quantitative estimate of drug-likeness (QED) is 0.454. The number of unbranched alkanes of at least 4 members (excludes halogenated alkanes) is 1. The zero-order valence-corrected chi connectivity index (χ0v) is 13.7. The number of nitrogens with zero attached hydrogens (tertiary/aromatic N) is 2. The monoisotopic (exact) mass is 318 g/mol. The summed E-state index contributed by atoms with van der Waals surface area (Å²) in [5, 5.41) is 19.9. The van der Waals surface area contributed by atoms with Crippen LogP contribution in [-0.2, 0) is 6.42 Å². The highest BCUT2D eigenvalue weighted by Crippen LogP contribution is 2.14. The van der Waals surface area contributed by atoms with Crippen molar-refractivity contribution in [2.24, 2.45) is 0 Å². The Morgan fingerprint density at radius 2 is 2.13 bits per heavy atom. The van der Waals surface area contributed by atoms with Crippen LogP contribution in [-0.4, -0.2) is 42.3 Å². The van der Waals surface area contributed by atoms with Crippen molar-refractivity contribution in [2.75, 3.05) is 31.9 Å². The van der Waals surface area contributed by atoms with Gasteiger partial charge in [-0.25, -0.2) is 4.79 Å². The SMILES string of the molecule is CCCN(CCCCNC(=O)O)CCc1ccc(N)c(C#N)c1. The molecule has 1 rings (SSSR count). The Morgan fingerprint density at radius 1 is 1.35 bits per heavy atom. The number of anilines is 1. The molecule has 0 aromatic heterocycles. The van der Waals surface area contributed by atoms with Crippen LogP contribution in [0, 0.1) is 11.3 Å². The molecule has 0 radical (unpaired) electrons. The molecule has 0 saturated heterocycles. The van der Waals surface area contributed by atoms with Crippen molar-refractivity contribution in [1.29, 1.82) is 5.26 Å². The molecule has 0 heterocycles. The number of rotatable bonds is 10. The van der Waals surface area contributed by atoms with Gasteiger partial charge in [0.2, 0.25) is 0 Å². The minimum Gasteiger partial charge on any atom is -0.465 e. The molecule has 0 saturated carbocycles. The summed E-state index contributed by atoms with van der Waals surface area (Å²) in [6, 6.07) is 7.73. The number of carboxylic acid groups (broad SMARTS) is 1. The molecule has 0 aliphatic rings.